The molecular weight excluding hydrogens is 264 g/mol. The van der Waals surface area contributed by atoms with Crippen LogP contribution in [0.4, 0.5) is 0 Å². The number of amides is 1. The van der Waals surface area contributed by atoms with E-state index < -0.39 is 0 Å². The topological polar surface area (TPSA) is 66.9 Å². The third-order valence-corrected chi connectivity index (χ3v) is 3.98. The number of hydrogen-bond donors (Lipinski definition) is 2. The number of piperidine rings is 1. The molecule has 1 saturated heterocycles. The summed E-state index contributed by atoms with van der Waals surface area (Å²) in [6.07, 6.45) is 6.77. The first-order chi connectivity index (χ1) is 10.3. The van der Waals surface area contributed by atoms with Gasteiger partial charge in [0.2, 0.25) is 0 Å². The summed E-state index contributed by atoms with van der Waals surface area (Å²) in [6, 6.07) is 5.51. The highest BCUT2D eigenvalue weighted by atomic mass is 16.1. The molecule has 0 saturated carbocycles. The molecule has 1 aliphatic rings. The van der Waals surface area contributed by atoms with Crippen LogP contribution in [0.2, 0.25) is 0 Å². The van der Waals surface area contributed by atoms with Crippen LogP contribution in [0.25, 0.3) is 11.0 Å². The van der Waals surface area contributed by atoms with Crippen LogP contribution in [-0.4, -0.2) is 35.5 Å². The van der Waals surface area contributed by atoms with E-state index >= 15 is 0 Å². The molecular formula is C16H20N4O. The molecule has 21 heavy (non-hydrogen) atoms. The van der Waals surface area contributed by atoms with Crippen LogP contribution in [0.3, 0.4) is 0 Å². The molecule has 1 amide bonds. The van der Waals surface area contributed by atoms with E-state index in [-0.39, 0.29) is 5.91 Å². The molecule has 0 radical (unpaired) electrons. The fourth-order valence-electron chi connectivity index (χ4n) is 2.83. The van der Waals surface area contributed by atoms with Crippen LogP contribution in [-0.2, 0) is 0 Å². The van der Waals surface area contributed by atoms with Gasteiger partial charge in [0.15, 0.2) is 0 Å². The Morgan fingerprint density at radius 3 is 3.10 bits per heavy atom. The Balaban J connectivity index is 1.61. The minimum atomic E-state index is -0.0649. The lowest BCUT2D eigenvalue weighted by Gasteiger charge is -2.22. The Hall–Kier alpha value is -2.01. The number of rotatable bonds is 4. The molecule has 1 aromatic carbocycles. The zero-order chi connectivity index (χ0) is 14.5. The molecule has 5 heteroatoms. The van der Waals surface area contributed by atoms with Crippen LogP contribution in [0.1, 0.15) is 29.6 Å². The average molecular weight is 284 g/mol. The number of fused-ring (bicyclic) bond motifs is 1. The SMILES string of the molecule is O=C(NCCC1CCCNC1)c1cccc2nccnc12. The van der Waals surface area contributed by atoms with Crippen molar-refractivity contribution >= 4 is 16.9 Å². The molecule has 1 fully saturated rings. The van der Waals surface area contributed by atoms with E-state index in [1.165, 1.54) is 12.8 Å². The lowest BCUT2D eigenvalue weighted by Crippen LogP contribution is -2.33. The molecule has 2 aromatic rings. The van der Waals surface area contributed by atoms with Crippen molar-refractivity contribution in [2.24, 2.45) is 5.92 Å². The molecule has 110 valence electrons. The summed E-state index contributed by atoms with van der Waals surface area (Å²) >= 11 is 0. The fourth-order valence-corrected chi connectivity index (χ4v) is 2.83. The summed E-state index contributed by atoms with van der Waals surface area (Å²) < 4.78 is 0. The number of carbonyl (C=O) groups excluding carboxylic acids is 1. The van der Waals surface area contributed by atoms with Crippen molar-refractivity contribution in [1.29, 1.82) is 0 Å². The van der Waals surface area contributed by atoms with Crippen molar-refractivity contribution in [3.05, 3.63) is 36.2 Å². The van der Waals surface area contributed by atoms with E-state index in [1.54, 1.807) is 18.5 Å². The van der Waals surface area contributed by atoms with Crippen molar-refractivity contribution in [1.82, 2.24) is 20.6 Å². The molecule has 1 unspecified atom stereocenters. The zero-order valence-electron chi connectivity index (χ0n) is 12.0. The molecule has 0 bridgehead atoms. The predicted octanol–water partition coefficient (Wildman–Crippen LogP) is 1.75. The zero-order valence-corrected chi connectivity index (χ0v) is 12.0. The van der Waals surface area contributed by atoms with Gasteiger partial charge in [0.05, 0.1) is 11.1 Å². The van der Waals surface area contributed by atoms with Gasteiger partial charge in [-0.1, -0.05) is 6.07 Å². The predicted molar refractivity (Wildman–Crippen MR) is 82.1 cm³/mol. The lowest BCUT2D eigenvalue weighted by molar-refractivity contribution is 0.0952. The highest BCUT2D eigenvalue weighted by Crippen LogP contribution is 2.15. The van der Waals surface area contributed by atoms with Gasteiger partial charge in [-0.2, -0.15) is 0 Å². The largest absolute Gasteiger partial charge is 0.352 e. The van der Waals surface area contributed by atoms with Crippen molar-refractivity contribution in [2.45, 2.75) is 19.3 Å². The van der Waals surface area contributed by atoms with Gasteiger partial charge in [0.25, 0.3) is 5.91 Å². The number of aromatic nitrogens is 2. The molecule has 1 atom stereocenters. The summed E-state index contributed by atoms with van der Waals surface area (Å²) in [6.45, 7) is 2.90. The standard InChI is InChI=1S/C16H20N4O/c21-16(20-8-6-12-3-2-7-17-11-12)13-4-1-5-14-15(13)19-10-9-18-14/h1,4-5,9-10,12,17H,2-3,6-8,11H2,(H,20,21). The van der Waals surface area contributed by atoms with Crippen LogP contribution in [0.5, 0.6) is 0 Å². The molecule has 0 spiro atoms. The summed E-state index contributed by atoms with van der Waals surface area (Å²) in [5.74, 6) is 0.608. The Kier molecular flexibility index (Phi) is 4.40. The van der Waals surface area contributed by atoms with Gasteiger partial charge < -0.3 is 10.6 Å². The minimum absolute atomic E-state index is 0.0649. The van der Waals surface area contributed by atoms with Crippen molar-refractivity contribution < 1.29 is 4.79 Å². The maximum Gasteiger partial charge on any atom is 0.253 e. The highest BCUT2D eigenvalue weighted by Gasteiger charge is 2.14. The molecule has 1 aromatic heterocycles. The number of carbonyl (C=O) groups is 1. The normalized spacial score (nSPS) is 18.6. The molecule has 2 N–H and O–H groups in total. The van der Waals surface area contributed by atoms with Gasteiger partial charge >= 0.3 is 0 Å². The van der Waals surface area contributed by atoms with E-state index in [4.69, 9.17) is 0 Å². The Morgan fingerprint density at radius 2 is 2.24 bits per heavy atom. The van der Waals surface area contributed by atoms with E-state index in [2.05, 4.69) is 20.6 Å². The van der Waals surface area contributed by atoms with Gasteiger partial charge in [-0.3, -0.25) is 14.8 Å². The second kappa shape index (κ2) is 6.63. The average Bonchev–Trinajstić information content (AvgIpc) is 2.55. The van der Waals surface area contributed by atoms with Gasteiger partial charge in [-0.25, -0.2) is 0 Å². The first kappa shape index (κ1) is 13.9. The first-order valence-electron chi connectivity index (χ1n) is 7.53. The quantitative estimate of drug-likeness (QED) is 0.897. The summed E-state index contributed by atoms with van der Waals surface area (Å²) in [7, 11) is 0. The van der Waals surface area contributed by atoms with Crippen LogP contribution >= 0.6 is 0 Å². The number of para-hydroxylation sites is 1. The lowest BCUT2D eigenvalue weighted by atomic mass is 9.96. The van der Waals surface area contributed by atoms with E-state index in [9.17, 15) is 4.79 Å². The minimum Gasteiger partial charge on any atom is -0.352 e. The van der Waals surface area contributed by atoms with Gasteiger partial charge in [0, 0.05) is 18.9 Å². The van der Waals surface area contributed by atoms with Gasteiger partial charge in [0.1, 0.15) is 5.52 Å². The van der Waals surface area contributed by atoms with Gasteiger partial charge in [-0.05, 0) is 50.4 Å². The smallest absolute Gasteiger partial charge is 0.253 e. The summed E-state index contributed by atoms with van der Waals surface area (Å²) in [4.78, 5) is 20.8. The third-order valence-electron chi connectivity index (χ3n) is 3.98. The second-order valence-corrected chi connectivity index (χ2v) is 5.49. The number of nitrogens with zero attached hydrogens (tertiary/aromatic N) is 2. The van der Waals surface area contributed by atoms with E-state index in [1.807, 2.05) is 12.1 Å². The van der Waals surface area contributed by atoms with Crippen LogP contribution in [0.15, 0.2) is 30.6 Å². The Morgan fingerprint density at radius 1 is 1.33 bits per heavy atom. The first-order valence-corrected chi connectivity index (χ1v) is 7.53. The van der Waals surface area contributed by atoms with Crippen molar-refractivity contribution in [3.63, 3.8) is 0 Å². The van der Waals surface area contributed by atoms with Crippen LogP contribution < -0.4 is 10.6 Å². The maximum absolute atomic E-state index is 12.3. The monoisotopic (exact) mass is 284 g/mol. The van der Waals surface area contributed by atoms with E-state index in [0.29, 0.717) is 23.5 Å². The van der Waals surface area contributed by atoms with Crippen molar-refractivity contribution in [3.8, 4) is 0 Å². The molecule has 5 nitrogen and oxygen atoms in total. The van der Waals surface area contributed by atoms with Crippen molar-refractivity contribution in [2.75, 3.05) is 19.6 Å². The van der Waals surface area contributed by atoms with Crippen LogP contribution in [0, 0.1) is 5.92 Å². The molecule has 2 heterocycles. The Labute approximate surface area is 124 Å². The number of nitrogens with one attached hydrogen (secondary N) is 2. The van der Waals surface area contributed by atoms with E-state index in [0.717, 1.165) is 25.0 Å². The molecule has 1 aliphatic heterocycles. The summed E-state index contributed by atoms with van der Waals surface area (Å²) in [5.41, 5.74) is 2.01. The van der Waals surface area contributed by atoms with Gasteiger partial charge in [-0.15, -0.1) is 0 Å². The Bertz CT molecular complexity index is 617. The number of benzene rings is 1. The third kappa shape index (κ3) is 3.36. The summed E-state index contributed by atoms with van der Waals surface area (Å²) in [5, 5.41) is 6.40. The second-order valence-electron chi connectivity index (χ2n) is 5.49. The fraction of sp³-hybridized carbons (Fsp3) is 0.438. The number of hydrogen-bond acceptors (Lipinski definition) is 4. The maximum atomic E-state index is 12.3. The molecule has 0 aliphatic carbocycles. The highest BCUT2D eigenvalue weighted by molar-refractivity contribution is 6.04. The molecule has 3 rings (SSSR count).